The minimum Gasteiger partial charge on any atom is -0.321 e. The lowest BCUT2D eigenvalue weighted by atomic mass is 10.1. The summed E-state index contributed by atoms with van der Waals surface area (Å²) in [6, 6.07) is 31.5. The first kappa shape index (κ1) is 32.9. The molecule has 7 nitrogen and oxygen atoms in total. The Bertz CT molecular complexity index is 1890. The summed E-state index contributed by atoms with van der Waals surface area (Å²) in [6.07, 6.45) is 1.62. The fourth-order valence-corrected chi connectivity index (χ4v) is 6.44. The number of carbonyl (C=O) groups excluding carboxylic acids is 3. The van der Waals surface area contributed by atoms with Crippen molar-refractivity contribution in [2.24, 2.45) is 0 Å². The number of thioether (sulfide) groups is 1. The standard InChI is InChI=1S/C36H31BrN4O3S2/c1-22-12-16-26(17-13-22)32-23(2)46-36(40-32)41-33(42)24(3)45-30-11-7-10-29(21-30)38-35(44)31(20-25-14-18-28(37)19-15-25)39-34(43)27-8-5-4-6-9-27/h4-21,24H,1-3H3,(H,38,44)(H,39,43)(H,40,41,42)/b31-20-. The number of aryl methyl sites for hydroxylation is 2. The highest BCUT2D eigenvalue weighted by Crippen LogP contribution is 2.32. The van der Waals surface area contributed by atoms with E-state index in [9.17, 15) is 14.4 Å². The molecule has 1 aromatic heterocycles. The largest absolute Gasteiger partial charge is 0.321 e. The number of hydrogen-bond donors (Lipinski definition) is 3. The lowest BCUT2D eigenvalue weighted by Gasteiger charge is -2.13. The monoisotopic (exact) mass is 710 g/mol. The Morgan fingerprint density at radius 2 is 1.59 bits per heavy atom. The van der Waals surface area contributed by atoms with Crippen LogP contribution >= 0.6 is 39.0 Å². The number of nitrogens with one attached hydrogen (secondary N) is 3. The molecule has 10 heteroatoms. The summed E-state index contributed by atoms with van der Waals surface area (Å²) in [5, 5.41) is 8.71. The predicted octanol–water partition coefficient (Wildman–Crippen LogP) is 8.72. The molecule has 3 amide bonds. The fourth-order valence-electron chi connectivity index (χ4n) is 4.41. The van der Waals surface area contributed by atoms with Gasteiger partial charge in [-0.05, 0) is 74.9 Å². The maximum absolute atomic E-state index is 13.5. The molecule has 0 radical (unpaired) electrons. The van der Waals surface area contributed by atoms with Crippen molar-refractivity contribution in [2.75, 3.05) is 10.6 Å². The molecule has 0 saturated carbocycles. The number of amides is 3. The molecule has 1 heterocycles. The van der Waals surface area contributed by atoms with Crippen LogP contribution in [0.15, 0.2) is 118 Å². The Kier molecular flexibility index (Phi) is 10.8. The lowest BCUT2D eigenvalue weighted by molar-refractivity contribution is -0.115. The van der Waals surface area contributed by atoms with Crippen LogP contribution in [-0.2, 0) is 9.59 Å². The van der Waals surface area contributed by atoms with Crippen LogP contribution in [0, 0.1) is 13.8 Å². The van der Waals surface area contributed by atoms with E-state index < -0.39 is 17.1 Å². The van der Waals surface area contributed by atoms with E-state index in [2.05, 4.69) is 36.9 Å². The molecular weight excluding hydrogens is 680 g/mol. The first-order chi connectivity index (χ1) is 22.1. The molecule has 5 rings (SSSR count). The molecule has 0 aliphatic rings. The van der Waals surface area contributed by atoms with Crippen LogP contribution < -0.4 is 16.0 Å². The third-order valence-electron chi connectivity index (χ3n) is 6.84. The van der Waals surface area contributed by atoms with E-state index in [1.165, 1.54) is 28.7 Å². The smallest absolute Gasteiger partial charge is 0.272 e. The Morgan fingerprint density at radius 1 is 0.870 bits per heavy atom. The Morgan fingerprint density at radius 3 is 2.30 bits per heavy atom. The Hall–Kier alpha value is -4.51. The summed E-state index contributed by atoms with van der Waals surface area (Å²) >= 11 is 6.23. The molecular formula is C36H31BrN4O3S2. The number of anilines is 2. The first-order valence-corrected chi connectivity index (χ1v) is 16.9. The molecule has 232 valence electrons. The number of thiazole rings is 1. The van der Waals surface area contributed by atoms with Crippen LogP contribution in [0.1, 0.15) is 33.3 Å². The predicted molar refractivity (Wildman–Crippen MR) is 192 cm³/mol. The van der Waals surface area contributed by atoms with E-state index in [-0.39, 0.29) is 11.6 Å². The van der Waals surface area contributed by atoms with Crippen molar-refractivity contribution < 1.29 is 14.4 Å². The zero-order valence-electron chi connectivity index (χ0n) is 25.3. The van der Waals surface area contributed by atoms with Gasteiger partial charge in [0, 0.05) is 31.1 Å². The van der Waals surface area contributed by atoms with Crippen molar-refractivity contribution in [1.29, 1.82) is 0 Å². The molecule has 0 bridgehead atoms. The number of carbonyl (C=O) groups is 3. The molecule has 0 saturated heterocycles. The SMILES string of the molecule is Cc1ccc(-c2nc(NC(=O)C(C)Sc3cccc(NC(=O)/C(=C/c4ccc(Br)cc4)NC(=O)c4ccccc4)c3)sc2C)cc1. The lowest BCUT2D eigenvalue weighted by Crippen LogP contribution is -2.30. The summed E-state index contributed by atoms with van der Waals surface area (Å²) in [4.78, 5) is 46.0. The van der Waals surface area contributed by atoms with Crippen molar-refractivity contribution >= 4 is 73.6 Å². The van der Waals surface area contributed by atoms with Crippen LogP contribution in [-0.4, -0.2) is 28.0 Å². The average Bonchev–Trinajstić information content (AvgIpc) is 3.41. The molecule has 1 atom stereocenters. The quantitative estimate of drug-likeness (QED) is 0.0995. The zero-order chi connectivity index (χ0) is 32.6. The van der Waals surface area contributed by atoms with Crippen molar-refractivity contribution in [3.8, 4) is 11.3 Å². The van der Waals surface area contributed by atoms with Crippen LogP contribution in [0.5, 0.6) is 0 Å². The van der Waals surface area contributed by atoms with Gasteiger partial charge in [0.2, 0.25) is 5.91 Å². The zero-order valence-corrected chi connectivity index (χ0v) is 28.6. The summed E-state index contributed by atoms with van der Waals surface area (Å²) < 4.78 is 0.898. The summed E-state index contributed by atoms with van der Waals surface area (Å²) in [6.45, 7) is 5.86. The minimum atomic E-state index is -0.483. The highest BCUT2D eigenvalue weighted by atomic mass is 79.9. The molecule has 0 aliphatic heterocycles. The van der Waals surface area contributed by atoms with E-state index in [4.69, 9.17) is 0 Å². The van der Waals surface area contributed by atoms with Gasteiger partial charge in [0.15, 0.2) is 5.13 Å². The van der Waals surface area contributed by atoms with Gasteiger partial charge >= 0.3 is 0 Å². The molecule has 0 spiro atoms. The van der Waals surface area contributed by atoms with E-state index in [1.54, 1.807) is 48.5 Å². The average molecular weight is 712 g/mol. The maximum atomic E-state index is 13.5. The second-order valence-corrected chi connectivity index (χ2v) is 14.0. The van der Waals surface area contributed by atoms with Gasteiger partial charge in [-0.2, -0.15) is 0 Å². The van der Waals surface area contributed by atoms with Crippen LogP contribution in [0.25, 0.3) is 17.3 Å². The van der Waals surface area contributed by atoms with Crippen LogP contribution in [0.2, 0.25) is 0 Å². The molecule has 1 unspecified atom stereocenters. The van der Waals surface area contributed by atoms with E-state index in [1.807, 2.05) is 81.4 Å². The van der Waals surface area contributed by atoms with Gasteiger partial charge in [-0.3, -0.25) is 14.4 Å². The fraction of sp³-hybridized carbons (Fsp3) is 0.111. The molecule has 0 aliphatic carbocycles. The van der Waals surface area contributed by atoms with Gasteiger partial charge in [0.1, 0.15) is 5.70 Å². The molecule has 5 aromatic rings. The van der Waals surface area contributed by atoms with Crippen molar-refractivity contribution in [3.63, 3.8) is 0 Å². The summed E-state index contributed by atoms with van der Waals surface area (Å²) in [5.41, 5.74) is 4.83. The number of hydrogen-bond acceptors (Lipinski definition) is 6. The van der Waals surface area contributed by atoms with Gasteiger partial charge in [-0.25, -0.2) is 4.98 Å². The van der Waals surface area contributed by atoms with Gasteiger partial charge in [-0.1, -0.05) is 82.2 Å². The van der Waals surface area contributed by atoms with Gasteiger partial charge in [-0.15, -0.1) is 23.1 Å². The minimum absolute atomic E-state index is 0.0886. The molecule has 3 N–H and O–H groups in total. The third kappa shape index (κ3) is 8.81. The number of rotatable bonds is 10. The molecule has 46 heavy (non-hydrogen) atoms. The van der Waals surface area contributed by atoms with Gasteiger partial charge in [0.05, 0.1) is 10.9 Å². The van der Waals surface area contributed by atoms with Gasteiger partial charge < -0.3 is 16.0 Å². The van der Waals surface area contributed by atoms with Crippen LogP contribution in [0.3, 0.4) is 0 Å². The van der Waals surface area contributed by atoms with Crippen molar-refractivity contribution in [1.82, 2.24) is 10.3 Å². The van der Waals surface area contributed by atoms with E-state index in [0.717, 1.165) is 31.1 Å². The number of halogens is 1. The summed E-state index contributed by atoms with van der Waals surface area (Å²) in [5.74, 6) is -1.06. The Balaban J connectivity index is 1.26. The van der Waals surface area contributed by atoms with Crippen LogP contribution in [0.4, 0.5) is 10.8 Å². The number of nitrogens with zero attached hydrogens (tertiary/aromatic N) is 1. The maximum Gasteiger partial charge on any atom is 0.272 e. The molecule has 0 fully saturated rings. The first-order valence-electron chi connectivity index (χ1n) is 14.4. The van der Waals surface area contributed by atoms with Crippen molar-refractivity contribution in [3.05, 3.63) is 135 Å². The second-order valence-electron chi connectivity index (χ2n) is 10.5. The highest BCUT2D eigenvalue weighted by Gasteiger charge is 2.19. The Labute approximate surface area is 284 Å². The summed E-state index contributed by atoms with van der Waals surface area (Å²) in [7, 11) is 0. The molecule has 4 aromatic carbocycles. The highest BCUT2D eigenvalue weighted by molar-refractivity contribution is 9.10. The van der Waals surface area contributed by atoms with Crippen molar-refractivity contribution in [2.45, 2.75) is 30.9 Å². The second kappa shape index (κ2) is 15.2. The van der Waals surface area contributed by atoms with E-state index >= 15 is 0 Å². The number of aromatic nitrogens is 1. The number of benzene rings is 4. The third-order valence-corrected chi connectivity index (χ3v) is 9.34. The van der Waals surface area contributed by atoms with Gasteiger partial charge in [0.25, 0.3) is 11.8 Å². The normalized spacial score (nSPS) is 11.9. The van der Waals surface area contributed by atoms with E-state index in [0.29, 0.717) is 16.4 Å². The topological polar surface area (TPSA) is 100 Å².